The van der Waals surface area contributed by atoms with Crippen LogP contribution in [0.4, 0.5) is 10.1 Å². The molecule has 1 aromatic rings. The van der Waals surface area contributed by atoms with Gasteiger partial charge in [0.2, 0.25) is 5.91 Å². The van der Waals surface area contributed by atoms with Crippen molar-refractivity contribution in [1.29, 1.82) is 0 Å². The van der Waals surface area contributed by atoms with Gasteiger partial charge in [0.15, 0.2) is 5.82 Å². The molecule has 0 bridgehead atoms. The second-order valence-electron chi connectivity index (χ2n) is 4.58. The molecule has 106 valence electrons. The number of hydrogen-bond acceptors (Lipinski definition) is 2. The first-order chi connectivity index (χ1) is 9.50. The van der Waals surface area contributed by atoms with E-state index in [-0.39, 0.29) is 10.7 Å². The molecule has 0 fully saturated rings. The molecule has 0 heterocycles. The van der Waals surface area contributed by atoms with Gasteiger partial charge in [-0.3, -0.25) is 9.59 Å². The molecule has 2 rings (SSSR count). The molecule has 0 saturated carbocycles. The highest BCUT2D eigenvalue weighted by molar-refractivity contribution is 6.31. The number of carbonyl (C=O) groups is 2. The van der Waals surface area contributed by atoms with Gasteiger partial charge in [-0.05, 0) is 25.0 Å². The number of allylic oxidation sites excluding steroid dienone is 2. The zero-order valence-electron chi connectivity index (χ0n) is 10.5. The Labute approximate surface area is 120 Å². The minimum absolute atomic E-state index is 0.0406. The van der Waals surface area contributed by atoms with Crippen LogP contribution in [0.3, 0.4) is 0 Å². The van der Waals surface area contributed by atoms with E-state index in [9.17, 15) is 14.0 Å². The summed E-state index contributed by atoms with van der Waals surface area (Å²) in [5.41, 5.74) is -0.0406. The third kappa shape index (κ3) is 2.99. The van der Waals surface area contributed by atoms with Gasteiger partial charge in [-0.2, -0.15) is 0 Å². The van der Waals surface area contributed by atoms with E-state index in [1.165, 1.54) is 18.2 Å². The van der Waals surface area contributed by atoms with Crippen LogP contribution in [0.25, 0.3) is 0 Å². The normalized spacial score (nSPS) is 21.5. The van der Waals surface area contributed by atoms with E-state index >= 15 is 0 Å². The van der Waals surface area contributed by atoms with Crippen molar-refractivity contribution in [2.45, 2.75) is 12.8 Å². The Morgan fingerprint density at radius 3 is 2.55 bits per heavy atom. The van der Waals surface area contributed by atoms with Crippen molar-refractivity contribution in [3.05, 3.63) is 41.2 Å². The summed E-state index contributed by atoms with van der Waals surface area (Å²) in [6.07, 6.45) is 4.12. The lowest BCUT2D eigenvalue weighted by atomic mass is 9.82. The third-order valence-corrected chi connectivity index (χ3v) is 3.59. The lowest BCUT2D eigenvalue weighted by molar-refractivity contribution is -0.146. The van der Waals surface area contributed by atoms with Crippen molar-refractivity contribution in [2.24, 2.45) is 11.8 Å². The van der Waals surface area contributed by atoms with Crippen molar-refractivity contribution < 1.29 is 19.1 Å². The van der Waals surface area contributed by atoms with Crippen LogP contribution >= 0.6 is 11.6 Å². The Morgan fingerprint density at radius 1 is 1.25 bits per heavy atom. The van der Waals surface area contributed by atoms with Crippen LogP contribution in [0.15, 0.2) is 30.4 Å². The number of anilines is 1. The van der Waals surface area contributed by atoms with E-state index in [0.717, 1.165) is 0 Å². The maximum absolute atomic E-state index is 13.7. The predicted octanol–water partition coefficient (Wildman–Crippen LogP) is 3.08. The molecule has 0 spiro atoms. The molecule has 1 aliphatic rings. The molecule has 6 heteroatoms. The summed E-state index contributed by atoms with van der Waals surface area (Å²) in [4.78, 5) is 23.3. The zero-order chi connectivity index (χ0) is 14.7. The first-order valence-corrected chi connectivity index (χ1v) is 6.51. The summed E-state index contributed by atoms with van der Waals surface area (Å²) in [7, 11) is 0. The van der Waals surface area contributed by atoms with Crippen molar-refractivity contribution in [1.82, 2.24) is 0 Å². The standard InChI is InChI=1S/C14H13ClFNO3/c15-10-6-3-7-11(12(10)16)17-13(18)8-4-1-2-5-9(8)14(19)20/h1-3,6-9H,4-5H2,(H,17,18)(H,19,20)/t8-,9-/m1/s1. The van der Waals surface area contributed by atoms with Crippen molar-refractivity contribution in [3.63, 3.8) is 0 Å². The number of hydrogen-bond donors (Lipinski definition) is 2. The largest absolute Gasteiger partial charge is 0.481 e. The number of nitrogens with one attached hydrogen (secondary N) is 1. The van der Waals surface area contributed by atoms with Crippen LogP contribution in [0.2, 0.25) is 5.02 Å². The Bertz CT molecular complexity index is 574. The molecular formula is C14H13ClFNO3. The van der Waals surface area contributed by atoms with E-state index in [0.29, 0.717) is 12.8 Å². The van der Waals surface area contributed by atoms with Gasteiger partial charge in [-0.1, -0.05) is 29.8 Å². The summed E-state index contributed by atoms with van der Waals surface area (Å²) in [6.45, 7) is 0. The number of carboxylic acid groups (broad SMARTS) is 1. The Balaban J connectivity index is 2.17. The van der Waals surface area contributed by atoms with Gasteiger partial charge in [0.25, 0.3) is 0 Å². The minimum Gasteiger partial charge on any atom is -0.481 e. The molecule has 1 aliphatic carbocycles. The molecule has 2 N–H and O–H groups in total. The SMILES string of the molecule is O=C(O)[C@@H]1CC=CC[C@H]1C(=O)Nc1cccc(Cl)c1F. The van der Waals surface area contributed by atoms with E-state index in [1.807, 2.05) is 0 Å². The number of rotatable bonds is 3. The number of halogens is 2. The van der Waals surface area contributed by atoms with E-state index in [2.05, 4.69) is 5.32 Å². The van der Waals surface area contributed by atoms with E-state index in [1.54, 1.807) is 12.2 Å². The zero-order valence-corrected chi connectivity index (χ0v) is 11.2. The van der Waals surface area contributed by atoms with Crippen LogP contribution in [-0.2, 0) is 9.59 Å². The lowest BCUT2D eigenvalue weighted by Crippen LogP contribution is -2.34. The van der Waals surface area contributed by atoms with Gasteiger partial charge in [-0.25, -0.2) is 4.39 Å². The molecule has 0 aliphatic heterocycles. The number of benzene rings is 1. The van der Waals surface area contributed by atoms with E-state index in [4.69, 9.17) is 16.7 Å². The Morgan fingerprint density at radius 2 is 1.90 bits per heavy atom. The second kappa shape index (κ2) is 6.05. The first kappa shape index (κ1) is 14.5. The van der Waals surface area contributed by atoms with Crippen LogP contribution < -0.4 is 5.32 Å². The third-order valence-electron chi connectivity index (χ3n) is 3.30. The number of carbonyl (C=O) groups excluding carboxylic acids is 1. The topological polar surface area (TPSA) is 66.4 Å². The maximum atomic E-state index is 13.7. The van der Waals surface area contributed by atoms with Crippen LogP contribution in [0, 0.1) is 17.7 Å². The summed E-state index contributed by atoms with van der Waals surface area (Å²) >= 11 is 5.63. The Hall–Kier alpha value is -1.88. The molecule has 2 atom stereocenters. The van der Waals surface area contributed by atoms with Crippen molar-refractivity contribution in [2.75, 3.05) is 5.32 Å². The van der Waals surface area contributed by atoms with Crippen LogP contribution in [0.5, 0.6) is 0 Å². The van der Waals surface area contributed by atoms with Gasteiger partial charge in [0.05, 0.1) is 22.5 Å². The van der Waals surface area contributed by atoms with Gasteiger partial charge < -0.3 is 10.4 Å². The first-order valence-electron chi connectivity index (χ1n) is 6.13. The van der Waals surface area contributed by atoms with Crippen LogP contribution in [0.1, 0.15) is 12.8 Å². The number of amides is 1. The summed E-state index contributed by atoms with van der Waals surface area (Å²) < 4.78 is 13.7. The molecular weight excluding hydrogens is 285 g/mol. The quantitative estimate of drug-likeness (QED) is 0.843. The fraction of sp³-hybridized carbons (Fsp3) is 0.286. The highest BCUT2D eigenvalue weighted by atomic mass is 35.5. The van der Waals surface area contributed by atoms with Gasteiger partial charge in [0, 0.05) is 0 Å². The minimum atomic E-state index is -1.03. The predicted molar refractivity (Wildman–Crippen MR) is 73.0 cm³/mol. The van der Waals surface area contributed by atoms with Gasteiger partial charge in [-0.15, -0.1) is 0 Å². The number of carboxylic acids is 1. The number of aliphatic carboxylic acids is 1. The second-order valence-corrected chi connectivity index (χ2v) is 4.99. The molecule has 0 unspecified atom stereocenters. The maximum Gasteiger partial charge on any atom is 0.307 e. The Kier molecular flexibility index (Phi) is 4.39. The average Bonchev–Trinajstić information content (AvgIpc) is 2.43. The summed E-state index contributed by atoms with van der Waals surface area (Å²) in [5.74, 6) is -3.76. The highest BCUT2D eigenvalue weighted by Crippen LogP contribution is 2.28. The summed E-state index contributed by atoms with van der Waals surface area (Å²) in [5, 5.41) is 11.4. The molecule has 0 radical (unpaired) electrons. The molecule has 1 aromatic carbocycles. The van der Waals surface area contributed by atoms with Crippen molar-refractivity contribution in [3.8, 4) is 0 Å². The lowest BCUT2D eigenvalue weighted by Gasteiger charge is -2.24. The average molecular weight is 298 g/mol. The highest BCUT2D eigenvalue weighted by Gasteiger charge is 2.34. The monoisotopic (exact) mass is 297 g/mol. The fourth-order valence-electron chi connectivity index (χ4n) is 2.20. The van der Waals surface area contributed by atoms with Crippen molar-refractivity contribution >= 4 is 29.2 Å². The smallest absolute Gasteiger partial charge is 0.307 e. The van der Waals surface area contributed by atoms with Gasteiger partial charge in [0.1, 0.15) is 0 Å². The molecule has 1 amide bonds. The molecule has 4 nitrogen and oxygen atoms in total. The molecule has 20 heavy (non-hydrogen) atoms. The molecule has 0 aromatic heterocycles. The van der Waals surface area contributed by atoms with Crippen LogP contribution in [-0.4, -0.2) is 17.0 Å². The van der Waals surface area contributed by atoms with E-state index < -0.39 is 29.5 Å². The fourth-order valence-corrected chi connectivity index (χ4v) is 2.38. The molecule has 0 saturated heterocycles. The van der Waals surface area contributed by atoms with Gasteiger partial charge >= 0.3 is 5.97 Å². The summed E-state index contributed by atoms with van der Waals surface area (Å²) in [6, 6.07) is 4.26.